The number of aromatic amines is 1. The summed E-state index contributed by atoms with van der Waals surface area (Å²) < 4.78 is 24.8. The van der Waals surface area contributed by atoms with Gasteiger partial charge in [0.15, 0.2) is 15.5 Å². The van der Waals surface area contributed by atoms with Gasteiger partial charge < -0.3 is 10.6 Å². The minimum atomic E-state index is -3.26. The Labute approximate surface area is 158 Å². The lowest BCUT2D eigenvalue weighted by molar-refractivity contribution is -0.121. The fourth-order valence-corrected chi connectivity index (χ4v) is 4.98. The Morgan fingerprint density at radius 2 is 1.89 bits per heavy atom. The molecule has 0 aliphatic carbocycles. The Balaban J connectivity index is 2.55. The van der Waals surface area contributed by atoms with Crippen molar-refractivity contribution in [2.75, 3.05) is 28.7 Å². The zero-order chi connectivity index (χ0) is 20.5. The van der Waals surface area contributed by atoms with E-state index >= 15 is 0 Å². The molecule has 0 spiro atoms. The number of nitrogens with zero attached hydrogens (tertiary/aromatic N) is 2. The van der Waals surface area contributed by atoms with Crippen LogP contribution in [0, 0.1) is 17.8 Å². The molecule has 0 radical (unpaired) electrons. The third-order valence-corrected chi connectivity index (χ3v) is 6.20. The molecule has 27 heavy (non-hydrogen) atoms. The Kier molecular flexibility index (Phi) is 6.18. The molecular weight excluding hydrogens is 372 g/mol. The fraction of sp³-hybridized carbons (Fsp3) is 0.706. The van der Waals surface area contributed by atoms with Gasteiger partial charge in [-0.05, 0) is 18.3 Å². The van der Waals surface area contributed by atoms with Crippen molar-refractivity contribution in [3.8, 4) is 0 Å². The van der Waals surface area contributed by atoms with Gasteiger partial charge in [-0.2, -0.15) is 0 Å². The lowest BCUT2D eigenvalue weighted by atomic mass is 10.1. The number of nitrogen functional groups attached to an aromatic ring is 1. The van der Waals surface area contributed by atoms with E-state index in [0.717, 1.165) is 0 Å². The third-order valence-electron chi connectivity index (χ3n) is 4.43. The molecule has 1 aliphatic rings. The second-order valence-corrected chi connectivity index (χ2v) is 10.2. The minimum Gasteiger partial charge on any atom is -0.383 e. The molecule has 3 N–H and O–H groups in total. The van der Waals surface area contributed by atoms with E-state index in [1.807, 2.05) is 27.7 Å². The molecule has 0 saturated carbocycles. The number of hydrogen-bond donors (Lipinski definition) is 2. The molecule has 2 heterocycles. The summed E-state index contributed by atoms with van der Waals surface area (Å²) in [6, 6.07) is 0. The van der Waals surface area contributed by atoms with Gasteiger partial charge in [0.2, 0.25) is 5.91 Å². The van der Waals surface area contributed by atoms with Crippen molar-refractivity contribution in [1.29, 1.82) is 0 Å². The highest BCUT2D eigenvalue weighted by Gasteiger charge is 2.37. The number of nitrogens with one attached hydrogen (secondary N) is 1. The lowest BCUT2D eigenvalue weighted by Gasteiger charge is -2.28. The summed E-state index contributed by atoms with van der Waals surface area (Å²) in [7, 11) is -3.26. The number of carbonyl (C=O) groups is 1. The first-order chi connectivity index (χ1) is 12.4. The summed E-state index contributed by atoms with van der Waals surface area (Å²) in [5.74, 6) is -1.40. The van der Waals surface area contributed by atoms with Crippen LogP contribution < -0.4 is 21.9 Å². The van der Waals surface area contributed by atoms with E-state index in [1.54, 1.807) is 0 Å². The predicted octanol–water partition coefficient (Wildman–Crippen LogP) is 0.199. The zero-order valence-corrected chi connectivity index (χ0v) is 17.0. The standard InChI is InChI=1S/C17H28N4O5S/c1-10(2)7-20(16(23)12-5-6-27(25,26)9-12)13-14(18)21(8-11(3)4)17(24)19-15(13)22/h10-12H,5-9,18H2,1-4H3,(H,19,22,24)/t12-/m1/s1. The Morgan fingerprint density at radius 1 is 1.26 bits per heavy atom. The molecule has 0 unspecified atom stereocenters. The van der Waals surface area contributed by atoms with Crippen molar-refractivity contribution >= 4 is 27.2 Å². The van der Waals surface area contributed by atoms with Gasteiger partial charge >= 0.3 is 5.69 Å². The van der Waals surface area contributed by atoms with E-state index in [0.29, 0.717) is 0 Å². The number of rotatable bonds is 6. The summed E-state index contributed by atoms with van der Waals surface area (Å²) in [6.07, 6.45) is 0.221. The van der Waals surface area contributed by atoms with E-state index in [1.165, 1.54) is 9.47 Å². The van der Waals surface area contributed by atoms with Gasteiger partial charge in [-0.3, -0.25) is 19.1 Å². The number of carbonyl (C=O) groups excluding carboxylic acids is 1. The van der Waals surface area contributed by atoms with E-state index in [-0.39, 0.29) is 54.4 Å². The summed E-state index contributed by atoms with van der Waals surface area (Å²) in [5, 5.41) is 0. The molecule has 1 amide bonds. The Bertz CT molecular complexity index is 930. The first kappa shape index (κ1) is 21.2. The van der Waals surface area contributed by atoms with E-state index < -0.39 is 32.9 Å². The number of aromatic nitrogens is 2. The number of nitrogens with two attached hydrogens (primary N) is 1. The monoisotopic (exact) mass is 400 g/mol. The van der Waals surface area contributed by atoms with Crippen LogP contribution in [0.2, 0.25) is 0 Å². The summed E-state index contributed by atoms with van der Waals surface area (Å²) >= 11 is 0. The molecule has 9 nitrogen and oxygen atoms in total. The highest BCUT2D eigenvalue weighted by atomic mass is 32.2. The van der Waals surface area contributed by atoms with Crippen molar-refractivity contribution in [2.24, 2.45) is 17.8 Å². The van der Waals surface area contributed by atoms with Gasteiger partial charge in [-0.1, -0.05) is 27.7 Å². The van der Waals surface area contributed by atoms with E-state index in [9.17, 15) is 22.8 Å². The van der Waals surface area contributed by atoms with Crippen molar-refractivity contribution in [2.45, 2.75) is 40.7 Å². The first-order valence-electron chi connectivity index (χ1n) is 9.07. The maximum absolute atomic E-state index is 13.1. The number of sulfone groups is 1. The predicted molar refractivity (Wildman–Crippen MR) is 105 cm³/mol. The lowest BCUT2D eigenvalue weighted by Crippen LogP contribution is -2.45. The molecular formula is C17H28N4O5S. The molecule has 10 heteroatoms. The maximum Gasteiger partial charge on any atom is 0.330 e. The molecule has 0 bridgehead atoms. The van der Waals surface area contributed by atoms with Crippen LogP contribution in [0.15, 0.2) is 9.59 Å². The van der Waals surface area contributed by atoms with Crippen LogP contribution in [0.5, 0.6) is 0 Å². The first-order valence-corrected chi connectivity index (χ1v) is 10.9. The van der Waals surface area contributed by atoms with Crippen LogP contribution in [0.1, 0.15) is 34.1 Å². The number of amides is 1. The van der Waals surface area contributed by atoms with Gasteiger partial charge in [0.05, 0.1) is 17.4 Å². The van der Waals surface area contributed by atoms with Crippen molar-refractivity contribution in [3.05, 3.63) is 20.8 Å². The van der Waals surface area contributed by atoms with Crippen LogP contribution in [-0.2, 0) is 21.2 Å². The molecule has 1 saturated heterocycles. The quantitative estimate of drug-likeness (QED) is 0.700. The molecule has 2 rings (SSSR count). The molecule has 1 fully saturated rings. The topological polar surface area (TPSA) is 135 Å². The van der Waals surface area contributed by atoms with Crippen molar-refractivity contribution in [1.82, 2.24) is 9.55 Å². The Hall–Kier alpha value is -2.10. The van der Waals surface area contributed by atoms with Crippen LogP contribution in [0.3, 0.4) is 0 Å². The smallest absolute Gasteiger partial charge is 0.330 e. The second kappa shape index (κ2) is 7.87. The Morgan fingerprint density at radius 3 is 2.37 bits per heavy atom. The van der Waals surface area contributed by atoms with E-state index in [4.69, 9.17) is 5.73 Å². The van der Waals surface area contributed by atoms with Crippen LogP contribution in [0.4, 0.5) is 11.5 Å². The molecule has 1 aromatic rings. The van der Waals surface area contributed by atoms with Gasteiger partial charge in [0, 0.05) is 13.1 Å². The van der Waals surface area contributed by atoms with Crippen LogP contribution in [-0.4, -0.2) is 41.9 Å². The number of hydrogen-bond acceptors (Lipinski definition) is 6. The van der Waals surface area contributed by atoms with Gasteiger partial charge in [-0.25, -0.2) is 13.2 Å². The molecule has 1 aliphatic heterocycles. The van der Waals surface area contributed by atoms with Crippen LogP contribution >= 0.6 is 0 Å². The fourth-order valence-electron chi connectivity index (χ4n) is 3.25. The highest BCUT2D eigenvalue weighted by Crippen LogP contribution is 2.26. The van der Waals surface area contributed by atoms with Crippen molar-refractivity contribution in [3.63, 3.8) is 0 Å². The summed E-state index contributed by atoms with van der Waals surface area (Å²) in [6.45, 7) is 8.03. The van der Waals surface area contributed by atoms with Gasteiger partial charge in [0.1, 0.15) is 5.82 Å². The SMILES string of the molecule is CC(C)CN(C(=O)[C@@H]1CCS(=O)(=O)C1)c1c(N)n(CC(C)C)c(=O)[nH]c1=O. The highest BCUT2D eigenvalue weighted by molar-refractivity contribution is 7.91. The molecule has 1 atom stereocenters. The minimum absolute atomic E-state index is 0.0104. The maximum atomic E-state index is 13.1. The average Bonchev–Trinajstić information content (AvgIpc) is 2.89. The number of H-pyrrole nitrogens is 1. The summed E-state index contributed by atoms with van der Waals surface area (Å²) in [5.41, 5.74) is 4.67. The molecule has 152 valence electrons. The second-order valence-electron chi connectivity index (χ2n) is 7.94. The zero-order valence-electron chi connectivity index (χ0n) is 16.2. The van der Waals surface area contributed by atoms with Gasteiger partial charge in [-0.15, -0.1) is 0 Å². The van der Waals surface area contributed by atoms with Gasteiger partial charge in [0.25, 0.3) is 5.56 Å². The number of anilines is 2. The largest absolute Gasteiger partial charge is 0.383 e. The van der Waals surface area contributed by atoms with E-state index in [2.05, 4.69) is 4.98 Å². The average molecular weight is 401 g/mol. The van der Waals surface area contributed by atoms with Crippen LogP contribution in [0.25, 0.3) is 0 Å². The van der Waals surface area contributed by atoms with Crippen molar-refractivity contribution < 1.29 is 13.2 Å². The summed E-state index contributed by atoms with van der Waals surface area (Å²) in [4.78, 5) is 41.2. The molecule has 1 aromatic heterocycles. The molecule has 0 aromatic carbocycles. The third kappa shape index (κ3) is 4.79. The normalized spacial score (nSPS) is 19.0.